The van der Waals surface area contributed by atoms with Gasteiger partial charge < -0.3 is 0 Å². The van der Waals surface area contributed by atoms with Crippen LogP contribution in [0.5, 0.6) is 0 Å². The Morgan fingerprint density at radius 3 is 1.94 bits per heavy atom. The van der Waals surface area contributed by atoms with Gasteiger partial charge in [-0.1, -0.05) is 83.5 Å². The molecule has 96 valence electrons. The Kier molecular flexibility index (Phi) is 8.29. The van der Waals surface area contributed by atoms with Crippen LogP contribution in [0.15, 0.2) is 9.98 Å². The van der Waals surface area contributed by atoms with Crippen LogP contribution >= 0.6 is 63.7 Å². The lowest BCUT2D eigenvalue weighted by atomic mass is 10.1. The summed E-state index contributed by atoms with van der Waals surface area (Å²) in [6.45, 7) is 2.06. The molecule has 0 saturated heterocycles. The van der Waals surface area contributed by atoms with Crippen molar-refractivity contribution >= 4 is 75.9 Å². The van der Waals surface area contributed by atoms with Crippen LogP contribution in [0.3, 0.4) is 0 Å². The van der Waals surface area contributed by atoms with Crippen LogP contribution in [0.4, 0.5) is 0 Å². The summed E-state index contributed by atoms with van der Waals surface area (Å²) in [6.07, 6.45) is 4.50. The van der Waals surface area contributed by atoms with E-state index in [1.54, 1.807) is 0 Å². The van der Waals surface area contributed by atoms with Gasteiger partial charge in [-0.3, -0.25) is 0 Å². The largest absolute Gasteiger partial charge is 0.237 e. The van der Waals surface area contributed by atoms with E-state index < -0.39 is 12.6 Å². The van der Waals surface area contributed by atoms with Crippen LogP contribution in [-0.2, 0) is 9.59 Å². The van der Waals surface area contributed by atoms with Gasteiger partial charge in [-0.2, -0.15) is 9.98 Å². The zero-order chi connectivity index (χ0) is 13.5. The monoisotopic (exact) mass is 494 g/mol. The molecule has 0 aliphatic rings. The Labute approximate surface area is 133 Å². The summed E-state index contributed by atoms with van der Waals surface area (Å²) < 4.78 is -1.55. The molecule has 17 heavy (non-hydrogen) atoms. The molecular formula is C9H10Br4N2O2. The molecule has 4 nitrogen and oxygen atoms in total. The lowest BCUT2D eigenvalue weighted by molar-refractivity contribution is 0.525. The number of unbranched alkanes of at least 4 members (excludes halogenated alkanes) is 1. The molecule has 0 amide bonds. The molecule has 0 fully saturated rings. The fourth-order valence-electron chi connectivity index (χ4n) is 1.05. The minimum atomic E-state index is -0.965. The van der Waals surface area contributed by atoms with Crippen molar-refractivity contribution in [2.24, 2.45) is 9.98 Å². The van der Waals surface area contributed by atoms with Crippen molar-refractivity contribution in [3.8, 4) is 0 Å². The molecule has 0 unspecified atom stereocenters. The Morgan fingerprint density at radius 1 is 1.12 bits per heavy atom. The number of isocyanates is 2. The number of alkyl halides is 4. The second-order valence-electron chi connectivity index (χ2n) is 3.25. The fourth-order valence-corrected chi connectivity index (χ4v) is 2.82. The molecule has 0 radical (unpaired) electrons. The van der Waals surface area contributed by atoms with Gasteiger partial charge in [0.25, 0.3) is 0 Å². The standard InChI is InChI=1S/C9H10Br4N2O2/c1-2-3-4-8(10,11)9(12,13)7(14-5-16)15-6-17/h7H,2-4H2,1H3. The molecule has 0 saturated carbocycles. The van der Waals surface area contributed by atoms with E-state index in [1.165, 1.54) is 12.2 Å². The van der Waals surface area contributed by atoms with Gasteiger partial charge in [0.2, 0.25) is 12.2 Å². The molecule has 0 aromatic carbocycles. The first kappa shape index (κ1) is 17.7. The zero-order valence-corrected chi connectivity index (χ0v) is 15.3. The van der Waals surface area contributed by atoms with Crippen LogP contribution < -0.4 is 0 Å². The third kappa shape index (κ3) is 5.05. The van der Waals surface area contributed by atoms with Gasteiger partial charge in [0.1, 0.15) is 6.47 Å². The van der Waals surface area contributed by atoms with E-state index >= 15 is 0 Å². The lowest BCUT2D eigenvalue weighted by Crippen LogP contribution is -2.43. The summed E-state index contributed by atoms with van der Waals surface area (Å²) in [5.74, 6) is 0. The Morgan fingerprint density at radius 2 is 1.59 bits per heavy atom. The molecule has 0 rings (SSSR count). The third-order valence-corrected chi connectivity index (χ3v) is 8.35. The molecule has 0 aliphatic carbocycles. The molecule has 0 heterocycles. The number of aliphatic imine (C=N–C) groups is 2. The van der Waals surface area contributed by atoms with E-state index in [9.17, 15) is 9.59 Å². The normalized spacial score (nSPS) is 13.5. The number of rotatable bonds is 7. The average molecular weight is 498 g/mol. The number of hydrogen-bond acceptors (Lipinski definition) is 4. The van der Waals surface area contributed by atoms with Crippen molar-refractivity contribution in [2.45, 2.75) is 38.8 Å². The smallest absolute Gasteiger partial charge is 0.211 e. The number of halogens is 4. The van der Waals surface area contributed by atoms with Gasteiger partial charge in [-0.15, -0.1) is 0 Å². The maximum atomic E-state index is 10.3. The lowest BCUT2D eigenvalue weighted by Gasteiger charge is -2.35. The Hall–Kier alpha value is 0.680. The zero-order valence-electron chi connectivity index (χ0n) is 8.92. The van der Waals surface area contributed by atoms with Gasteiger partial charge in [0, 0.05) is 0 Å². The molecule has 0 aliphatic heterocycles. The van der Waals surface area contributed by atoms with Gasteiger partial charge in [0.05, 0.1) is 0 Å². The summed E-state index contributed by atoms with van der Waals surface area (Å²) in [4.78, 5) is 27.6. The summed E-state index contributed by atoms with van der Waals surface area (Å²) in [5.41, 5.74) is 0. The van der Waals surface area contributed by atoms with Crippen molar-refractivity contribution in [1.29, 1.82) is 0 Å². The molecule has 0 bridgehead atoms. The van der Waals surface area contributed by atoms with Crippen LogP contribution in [0.2, 0.25) is 0 Å². The first-order valence-corrected chi connectivity index (χ1v) is 7.90. The van der Waals surface area contributed by atoms with Crippen LogP contribution in [0.25, 0.3) is 0 Å². The third-order valence-electron chi connectivity index (χ3n) is 2.01. The molecule has 0 spiro atoms. The molecule has 0 aromatic heterocycles. The highest BCUT2D eigenvalue weighted by atomic mass is 79.9. The summed E-state index contributed by atoms with van der Waals surface area (Å²) >= 11 is 13.7. The fraction of sp³-hybridized carbons (Fsp3) is 0.778. The molecule has 0 atom stereocenters. The highest BCUT2D eigenvalue weighted by Gasteiger charge is 2.50. The summed E-state index contributed by atoms with van der Waals surface area (Å²) in [6, 6.07) is 0. The van der Waals surface area contributed by atoms with E-state index in [0.717, 1.165) is 19.3 Å². The number of nitrogens with zero attached hydrogens (tertiary/aromatic N) is 2. The number of carbonyl (C=O) groups excluding carboxylic acids is 2. The highest BCUT2D eigenvalue weighted by Crippen LogP contribution is 2.54. The number of hydrogen-bond donors (Lipinski definition) is 0. The topological polar surface area (TPSA) is 58.9 Å². The van der Waals surface area contributed by atoms with Gasteiger partial charge in [0.15, 0.2) is 6.17 Å². The second-order valence-corrected chi connectivity index (χ2v) is 10.6. The first-order chi connectivity index (χ1) is 7.83. The van der Waals surface area contributed by atoms with Crippen LogP contribution in [0.1, 0.15) is 26.2 Å². The Bertz CT molecular complexity index is 329. The van der Waals surface area contributed by atoms with Crippen molar-refractivity contribution in [1.82, 2.24) is 0 Å². The maximum absolute atomic E-state index is 10.3. The predicted molar refractivity (Wildman–Crippen MR) is 80.7 cm³/mol. The van der Waals surface area contributed by atoms with Crippen molar-refractivity contribution in [3.05, 3.63) is 0 Å². The predicted octanol–water partition coefficient (Wildman–Crippen LogP) is 4.15. The van der Waals surface area contributed by atoms with E-state index in [-0.39, 0.29) is 0 Å². The Balaban J connectivity index is 5.16. The van der Waals surface area contributed by atoms with E-state index in [1.807, 2.05) is 0 Å². The van der Waals surface area contributed by atoms with Gasteiger partial charge >= 0.3 is 0 Å². The van der Waals surface area contributed by atoms with Crippen LogP contribution in [0, 0.1) is 0 Å². The summed E-state index contributed by atoms with van der Waals surface area (Å²) in [7, 11) is 0. The average Bonchev–Trinajstić information content (AvgIpc) is 2.26. The van der Waals surface area contributed by atoms with Crippen molar-refractivity contribution in [2.75, 3.05) is 0 Å². The SMILES string of the molecule is CCCCC(Br)(Br)C(Br)(Br)C(N=C=O)N=C=O. The quantitative estimate of drug-likeness (QED) is 0.301. The summed E-state index contributed by atoms with van der Waals surface area (Å²) in [5, 5.41) is 0. The molecule has 0 aromatic rings. The van der Waals surface area contributed by atoms with Crippen molar-refractivity contribution in [3.63, 3.8) is 0 Å². The highest BCUT2D eigenvalue weighted by molar-refractivity contribution is 9.30. The second kappa shape index (κ2) is 7.97. The van der Waals surface area contributed by atoms with E-state index in [4.69, 9.17) is 0 Å². The minimum absolute atomic E-state index is 0.617. The molecule has 0 N–H and O–H groups in total. The molecule has 8 heteroatoms. The minimum Gasteiger partial charge on any atom is -0.211 e. The van der Waals surface area contributed by atoms with E-state index in [2.05, 4.69) is 80.6 Å². The maximum Gasteiger partial charge on any atom is 0.237 e. The van der Waals surface area contributed by atoms with Gasteiger partial charge in [-0.25, -0.2) is 9.59 Å². The van der Waals surface area contributed by atoms with E-state index in [0.29, 0.717) is 0 Å². The van der Waals surface area contributed by atoms with Crippen molar-refractivity contribution < 1.29 is 9.59 Å². The molecular weight excluding hydrogens is 488 g/mol. The van der Waals surface area contributed by atoms with Gasteiger partial charge in [-0.05, 0) is 6.42 Å². The van der Waals surface area contributed by atoms with Crippen LogP contribution in [-0.4, -0.2) is 24.8 Å². The first-order valence-electron chi connectivity index (χ1n) is 4.73.